The van der Waals surface area contributed by atoms with E-state index in [1.54, 1.807) is 12.1 Å². The number of benzene rings is 2. The fraction of sp³-hybridized carbons (Fsp3) is 0.158. The second-order valence-corrected chi connectivity index (χ2v) is 7.13. The number of nitrogens with one attached hydrogen (secondary N) is 1. The Bertz CT molecular complexity index is 1050. The topological polar surface area (TPSA) is 136 Å². The molecule has 0 bridgehead atoms. The smallest absolute Gasteiger partial charge is 0.329 e. The highest BCUT2D eigenvalue weighted by molar-refractivity contribution is 9.10. The van der Waals surface area contributed by atoms with Crippen LogP contribution >= 0.6 is 15.9 Å². The lowest BCUT2D eigenvalue weighted by Crippen LogP contribution is -2.44. The minimum Gasteiger partial charge on any atom is -0.454 e. The maximum atomic E-state index is 12.4. The van der Waals surface area contributed by atoms with Gasteiger partial charge < -0.3 is 10.1 Å². The number of rotatable bonds is 6. The van der Waals surface area contributed by atoms with Crippen molar-refractivity contribution in [2.24, 2.45) is 0 Å². The highest BCUT2D eigenvalue weighted by Gasteiger charge is 2.41. The van der Waals surface area contributed by atoms with Gasteiger partial charge in [0.15, 0.2) is 6.61 Å². The second-order valence-electron chi connectivity index (χ2n) is 6.28. The number of imide groups is 1. The number of fused-ring (bicyclic) bond motifs is 1. The summed E-state index contributed by atoms with van der Waals surface area (Å²) >= 11 is 3.11. The summed E-state index contributed by atoms with van der Waals surface area (Å²) in [6.45, 7) is 0.657. The number of halogens is 1. The molecule has 1 aliphatic rings. The van der Waals surface area contributed by atoms with E-state index >= 15 is 0 Å². The summed E-state index contributed by atoms with van der Waals surface area (Å²) in [6, 6.07) is 8.71. The second kappa shape index (κ2) is 8.41. The zero-order chi connectivity index (χ0) is 22.0. The van der Waals surface area contributed by atoms with E-state index in [1.165, 1.54) is 37.3 Å². The first-order valence-electron chi connectivity index (χ1n) is 8.58. The number of non-ortho nitro benzene ring substituents is 1. The Hall–Kier alpha value is -3.60. The summed E-state index contributed by atoms with van der Waals surface area (Å²) in [7, 11) is 0. The number of amides is 3. The summed E-state index contributed by atoms with van der Waals surface area (Å²) in [5.41, 5.74) is 0.474. The van der Waals surface area contributed by atoms with Gasteiger partial charge >= 0.3 is 5.97 Å². The fourth-order valence-corrected chi connectivity index (χ4v) is 3.29. The van der Waals surface area contributed by atoms with Crippen molar-refractivity contribution in [2.45, 2.75) is 13.0 Å². The molecule has 0 radical (unpaired) electrons. The van der Waals surface area contributed by atoms with Gasteiger partial charge in [-0.25, -0.2) is 4.79 Å². The number of hydrogen-bond donors (Lipinski definition) is 1. The third kappa shape index (κ3) is 4.06. The molecule has 154 valence electrons. The van der Waals surface area contributed by atoms with Crippen molar-refractivity contribution in [2.75, 3.05) is 11.9 Å². The molecule has 0 aliphatic carbocycles. The Morgan fingerprint density at radius 3 is 2.30 bits per heavy atom. The molecule has 30 heavy (non-hydrogen) atoms. The van der Waals surface area contributed by atoms with Crippen molar-refractivity contribution >= 4 is 51.0 Å². The van der Waals surface area contributed by atoms with Crippen molar-refractivity contribution < 1.29 is 28.8 Å². The largest absolute Gasteiger partial charge is 0.454 e. The van der Waals surface area contributed by atoms with Crippen LogP contribution in [0.25, 0.3) is 0 Å². The Morgan fingerprint density at radius 2 is 1.77 bits per heavy atom. The zero-order valence-corrected chi connectivity index (χ0v) is 17.0. The molecule has 0 fully saturated rings. The van der Waals surface area contributed by atoms with Gasteiger partial charge in [0.25, 0.3) is 23.4 Å². The van der Waals surface area contributed by atoms with Crippen LogP contribution in [0.4, 0.5) is 11.4 Å². The molecular formula is C19H14BrN3O7. The predicted molar refractivity (Wildman–Crippen MR) is 107 cm³/mol. The molecule has 0 saturated heterocycles. The summed E-state index contributed by atoms with van der Waals surface area (Å²) in [5.74, 6) is -2.85. The van der Waals surface area contributed by atoms with Crippen molar-refractivity contribution in [3.05, 3.63) is 68.2 Å². The molecule has 2 aromatic carbocycles. The van der Waals surface area contributed by atoms with Crippen LogP contribution in [0.2, 0.25) is 0 Å². The van der Waals surface area contributed by atoms with Crippen LogP contribution in [0.3, 0.4) is 0 Å². The van der Waals surface area contributed by atoms with Crippen molar-refractivity contribution in [1.29, 1.82) is 0 Å². The van der Waals surface area contributed by atoms with E-state index in [2.05, 4.69) is 21.2 Å². The van der Waals surface area contributed by atoms with E-state index in [0.29, 0.717) is 0 Å². The lowest BCUT2D eigenvalue weighted by molar-refractivity contribution is -0.384. The summed E-state index contributed by atoms with van der Waals surface area (Å²) in [6.07, 6.45) is 0. The van der Waals surface area contributed by atoms with Gasteiger partial charge in [-0.05, 0) is 41.1 Å². The highest BCUT2D eigenvalue weighted by Crippen LogP contribution is 2.27. The van der Waals surface area contributed by atoms with Crippen molar-refractivity contribution in [1.82, 2.24) is 4.90 Å². The molecule has 1 atom stereocenters. The van der Waals surface area contributed by atoms with Gasteiger partial charge in [0.1, 0.15) is 6.04 Å². The highest BCUT2D eigenvalue weighted by atomic mass is 79.9. The van der Waals surface area contributed by atoms with E-state index in [1.807, 2.05) is 0 Å². The number of hydrogen-bond acceptors (Lipinski definition) is 7. The maximum absolute atomic E-state index is 12.4. The number of nitro benzene ring substituents is 1. The number of anilines is 1. The van der Waals surface area contributed by atoms with Gasteiger partial charge in [-0.3, -0.25) is 29.4 Å². The third-order valence-corrected chi connectivity index (χ3v) is 4.99. The monoisotopic (exact) mass is 475 g/mol. The summed E-state index contributed by atoms with van der Waals surface area (Å²) < 4.78 is 5.20. The first-order valence-corrected chi connectivity index (χ1v) is 9.37. The number of carbonyl (C=O) groups is 4. The van der Waals surface area contributed by atoms with Crippen molar-refractivity contribution in [3.8, 4) is 0 Å². The van der Waals surface area contributed by atoms with E-state index in [9.17, 15) is 29.3 Å². The molecule has 10 nitrogen and oxygen atoms in total. The van der Waals surface area contributed by atoms with Crippen LogP contribution in [-0.4, -0.2) is 46.2 Å². The van der Waals surface area contributed by atoms with Crippen LogP contribution in [0, 0.1) is 10.1 Å². The van der Waals surface area contributed by atoms with Gasteiger partial charge in [-0.1, -0.05) is 12.1 Å². The maximum Gasteiger partial charge on any atom is 0.329 e. The minimum absolute atomic E-state index is 0.166. The summed E-state index contributed by atoms with van der Waals surface area (Å²) in [4.78, 5) is 60.1. The molecular weight excluding hydrogens is 462 g/mol. The molecule has 3 amide bonds. The van der Waals surface area contributed by atoms with Gasteiger partial charge in [-0.2, -0.15) is 0 Å². The predicted octanol–water partition coefficient (Wildman–Crippen LogP) is 2.52. The third-order valence-electron chi connectivity index (χ3n) is 4.34. The van der Waals surface area contributed by atoms with Gasteiger partial charge in [0.05, 0.1) is 21.7 Å². The standard InChI is InChI=1S/C19H14BrN3O7/c1-10(22-17(25)12-4-2-3-5-13(12)18(22)26)19(27)30-9-16(24)21-15-7-6-11(23(28)29)8-14(15)20/h2-8,10H,9H2,1H3,(H,21,24). The van der Waals surface area contributed by atoms with Crippen LogP contribution in [0.15, 0.2) is 46.9 Å². The molecule has 0 saturated carbocycles. The quantitative estimate of drug-likeness (QED) is 0.293. The molecule has 0 spiro atoms. The molecule has 1 N–H and O–H groups in total. The molecule has 2 aromatic rings. The molecule has 11 heteroatoms. The first kappa shape index (κ1) is 21.1. The first-order chi connectivity index (χ1) is 14.2. The van der Waals surface area contributed by atoms with Gasteiger partial charge in [0, 0.05) is 16.6 Å². The summed E-state index contributed by atoms with van der Waals surface area (Å²) in [5, 5.41) is 13.2. The average molecular weight is 476 g/mol. The average Bonchev–Trinajstić information content (AvgIpc) is 2.97. The normalized spacial score (nSPS) is 13.6. The van der Waals surface area contributed by atoms with Crippen molar-refractivity contribution in [3.63, 3.8) is 0 Å². The number of carbonyl (C=O) groups excluding carboxylic acids is 4. The van der Waals surface area contributed by atoms with E-state index in [0.717, 1.165) is 4.90 Å². The molecule has 3 rings (SSSR count). The molecule has 1 unspecified atom stereocenters. The van der Waals surface area contributed by atoms with Crippen LogP contribution < -0.4 is 5.32 Å². The van der Waals surface area contributed by atoms with Crippen LogP contribution in [0.5, 0.6) is 0 Å². The molecule has 1 heterocycles. The number of ether oxygens (including phenoxy) is 1. The Labute approximate surface area is 178 Å². The molecule has 1 aliphatic heterocycles. The number of nitro groups is 1. The Kier molecular flexibility index (Phi) is 5.92. The van der Waals surface area contributed by atoms with E-state index in [4.69, 9.17) is 4.74 Å². The van der Waals surface area contributed by atoms with Gasteiger partial charge in [-0.15, -0.1) is 0 Å². The Balaban J connectivity index is 1.59. The number of esters is 1. The lowest BCUT2D eigenvalue weighted by atomic mass is 10.1. The van der Waals surface area contributed by atoms with E-state index < -0.39 is 41.3 Å². The lowest BCUT2D eigenvalue weighted by Gasteiger charge is -2.20. The number of nitrogens with zero attached hydrogens (tertiary/aromatic N) is 2. The van der Waals surface area contributed by atoms with Crippen LogP contribution in [0.1, 0.15) is 27.6 Å². The zero-order valence-electron chi connectivity index (χ0n) is 15.5. The fourth-order valence-electron chi connectivity index (χ4n) is 2.83. The van der Waals surface area contributed by atoms with Crippen LogP contribution in [-0.2, 0) is 14.3 Å². The van der Waals surface area contributed by atoms with Gasteiger partial charge in [0.2, 0.25) is 0 Å². The minimum atomic E-state index is -1.23. The molecule has 0 aromatic heterocycles. The SMILES string of the molecule is CC(C(=O)OCC(=O)Nc1ccc([N+](=O)[O-])cc1Br)N1C(=O)c2ccccc2C1=O. The van der Waals surface area contributed by atoms with E-state index in [-0.39, 0.29) is 27.0 Å². The Morgan fingerprint density at radius 1 is 1.17 bits per heavy atom.